The van der Waals surface area contributed by atoms with E-state index in [2.05, 4.69) is 32.2 Å². The maximum atomic E-state index is 11.7. The summed E-state index contributed by atoms with van der Waals surface area (Å²) in [5.41, 5.74) is 1.98. The van der Waals surface area contributed by atoms with Crippen molar-refractivity contribution in [2.45, 2.75) is 25.7 Å². The van der Waals surface area contributed by atoms with Crippen molar-refractivity contribution in [2.24, 2.45) is 0 Å². The number of rotatable bonds is 2. The summed E-state index contributed by atoms with van der Waals surface area (Å²) in [6.07, 6.45) is 2.47. The number of nitrogens with one attached hydrogen (secondary N) is 1. The Hall–Kier alpha value is -1.36. The fourth-order valence-corrected chi connectivity index (χ4v) is 2.63. The van der Waals surface area contributed by atoms with Gasteiger partial charge in [-0.1, -0.05) is 15.9 Å². The van der Waals surface area contributed by atoms with Crippen molar-refractivity contribution in [3.05, 3.63) is 44.5 Å². The molecule has 0 atom stereocenters. The number of aromatic nitrogens is 3. The van der Waals surface area contributed by atoms with Crippen LogP contribution >= 0.6 is 15.9 Å². The first-order chi connectivity index (χ1) is 8.16. The van der Waals surface area contributed by atoms with Crippen LogP contribution in [0, 0.1) is 6.92 Å². The van der Waals surface area contributed by atoms with E-state index in [0.29, 0.717) is 11.7 Å². The second kappa shape index (κ2) is 3.84. The van der Waals surface area contributed by atoms with E-state index >= 15 is 0 Å². The Kier molecular flexibility index (Phi) is 2.43. The van der Waals surface area contributed by atoms with Crippen molar-refractivity contribution >= 4 is 15.9 Å². The molecule has 3 rings (SSSR count). The molecule has 0 aliphatic heterocycles. The van der Waals surface area contributed by atoms with E-state index in [9.17, 15) is 4.79 Å². The zero-order chi connectivity index (χ0) is 12.0. The number of nitrogens with zero attached hydrogens (tertiary/aromatic N) is 2. The Morgan fingerprint density at radius 1 is 1.47 bits per heavy atom. The molecule has 1 aromatic heterocycles. The van der Waals surface area contributed by atoms with Gasteiger partial charge in [0.05, 0.1) is 5.69 Å². The lowest BCUT2D eigenvalue weighted by Gasteiger charge is -2.07. The van der Waals surface area contributed by atoms with Gasteiger partial charge in [0.2, 0.25) is 0 Å². The molecule has 1 aliphatic carbocycles. The molecule has 0 amide bonds. The highest BCUT2D eigenvalue weighted by molar-refractivity contribution is 9.10. The SMILES string of the molecule is Cc1n[nH]c(=O)n1-c1ccc(Br)c(C2CC2)c1. The van der Waals surface area contributed by atoms with Crippen molar-refractivity contribution in [2.75, 3.05) is 0 Å². The van der Waals surface area contributed by atoms with Crippen molar-refractivity contribution in [1.82, 2.24) is 14.8 Å². The standard InChI is InChI=1S/C12H12BrN3O/c1-7-14-15-12(17)16(7)9-4-5-11(13)10(6-9)8-2-3-8/h4-6,8H,2-3H2,1H3,(H,15,17). The number of benzene rings is 1. The molecule has 1 heterocycles. The summed E-state index contributed by atoms with van der Waals surface area (Å²) in [4.78, 5) is 11.7. The number of H-pyrrole nitrogens is 1. The van der Waals surface area contributed by atoms with Crippen molar-refractivity contribution in [3.8, 4) is 5.69 Å². The van der Waals surface area contributed by atoms with Gasteiger partial charge in [-0.15, -0.1) is 0 Å². The first-order valence-electron chi connectivity index (χ1n) is 5.60. The molecule has 0 saturated heterocycles. The minimum absolute atomic E-state index is 0.188. The summed E-state index contributed by atoms with van der Waals surface area (Å²) in [7, 11) is 0. The molecule has 0 spiro atoms. The normalized spacial score (nSPS) is 15.2. The summed E-state index contributed by atoms with van der Waals surface area (Å²) >= 11 is 3.56. The van der Waals surface area contributed by atoms with Crippen molar-refractivity contribution in [3.63, 3.8) is 0 Å². The quantitative estimate of drug-likeness (QED) is 0.925. The molecule has 4 nitrogen and oxygen atoms in total. The fraction of sp³-hybridized carbons (Fsp3) is 0.333. The summed E-state index contributed by atoms with van der Waals surface area (Å²) in [5.74, 6) is 1.33. The Morgan fingerprint density at radius 2 is 2.24 bits per heavy atom. The first kappa shape index (κ1) is 10.8. The largest absolute Gasteiger partial charge is 0.347 e. The second-order valence-corrected chi connectivity index (χ2v) is 5.25. The van der Waals surface area contributed by atoms with Gasteiger partial charge in [0.25, 0.3) is 0 Å². The van der Waals surface area contributed by atoms with Crippen molar-refractivity contribution < 1.29 is 0 Å². The lowest BCUT2D eigenvalue weighted by Crippen LogP contribution is -2.16. The van der Waals surface area contributed by atoms with E-state index in [1.807, 2.05) is 19.1 Å². The number of aromatic amines is 1. The molecule has 0 unspecified atom stereocenters. The van der Waals surface area contributed by atoms with E-state index in [1.165, 1.54) is 18.4 Å². The van der Waals surface area contributed by atoms with E-state index in [1.54, 1.807) is 4.57 Å². The topological polar surface area (TPSA) is 50.7 Å². The van der Waals surface area contributed by atoms with Gasteiger partial charge in [-0.25, -0.2) is 14.5 Å². The van der Waals surface area contributed by atoms with E-state index in [4.69, 9.17) is 0 Å². The predicted molar refractivity (Wildman–Crippen MR) is 68.6 cm³/mol. The molecule has 1 N–H and O–H groups in total. The lowest BCUT2D eigenvalue weighted by molar-refractivity contribution is 0.936. The van der Waals surface area contributed by atoms with Gasteiger partial charge in [0.1, 0.15) is 5.82 Å². The number of hydrogen-bond donors (Lipinski definition) is 1. The minimum atomic E-state index is -0.188. The second-order valence-electron chi connectivity index (χ2n) is 4.39. The Bertz CT molecular complexity index is 625. The van der Waals surface area contributed by atoms with Crippen LogP contribution in [-0.4, -0.2) is 14.8 Å². The Morgan fingerprint density at radius 3 is 2.82 bits per heavy atom. The monoisotopic (exact) mass is 293 g/mol. The third kappa shape index (κ3) is 1.84. The van der Waals surface area contributed by atoms with Crippen LogP contribution in [0.15, 0.2) is 27.5 Å². The molecular weight excluding hydrogens is 282 g/mol. The molecule has 0 bridgehead atoms. The molecule has 88 valence electrons. The van der Waals surface area contributed by atoms with Crippen LogP contribution in [-0.2, 0) is 0 Å². The fourth-order valence-electron chi connectivity index (χ4n) is 2.06. The molecule has 1 aliphatic rings. The zero-order valence-corrected chi connectivity index (χ0v) is 11.0. The average Bonchev–Trinajstić information content (AvgIpc) is 3.08. The highest BCUT2D eigenvalue weighted by atomic mass is 79.9. The van der Waals surface area contributed by atoms with Crippen LogP contribution in [0.3, 0.4) is 0 Å². The van der Waals surface area contributed by atoms with Crippen LogP contribution in [0.4, 0.5) is 0 Å². The Balaban J connectivity index is 2.15. The summed E-state index contributed by atoms with van der Waals surface area (Å²) in [6.45, 7) is 1.82. The van der Waals surface area contributed by atoms with E-state index in [-0.39, 0.29) is 5.69 Å². The van der Waals surface area contributed by atoms with Crippen LogP contribution < -0.4 is 5.69 Å². The van der Waals surface area contributed by atoms with E-state index < -0.39 is 0 Å². The zero-order valence-electron chi connectivity index (χ0n) is 9.40. The van der Waals surface area contributed by atoms with Gasteiger partial charge in [-0.2, -0.15) is 5.10 Å². The molecule has 17 heavy (non-hydrogen) atoms. The molecule has 1 fully saturated rings. The van der Waals surface area contributed by atoms with Crippen LogP contribution in [0.25, 0.3) is 5.69 Å². The average molecular weight is 294 g/mol. The first-order valence-corrected chi connectivity index (χ1v) is 6.40. The maximum absolute atomic E-state index is 11.7. The summed E-state index contributed by atoms with van der Waals surface area (Å²) in [5, 5.41) is 6.38. The van der Waals surface area contributed by atoms with Crippen LogP contribution in [0.2, 0.25) is 0 Å². The predicted octanol–water partition coefficient (Wildman–Crippen LogP) is 2.51. The molecule has 0 radical (unpaired) electrons. The van der Waals surface area contributed by atoms with Crippen molar-refractivity contribution in [1.29, 1.82) is 0 Å². The summed E-state index contributed by atoms with van der Waals surface area (Å²) in [6, 6.07) is 6.01. The van der Waals surface area contributed by atoms with Gasteiger partial charge in [-0.3, -0.25) is 0 Å². The number of halogens is 1. The molecule has 5 heteroatoms. The van der Waals surface area contributed by atoms with Gasteiger partial charge >= 0.3 is 5.69 Å². The number of aryl methyl sites for hydroxylation is 1. The van der Waals surface area contributed by atoms with Gasteiger partial charge in [0.15, 0.2) is 0 Å². The molecule has 1 aromatic carbocycles. The molecular formula is C12H12BrN3O. The highest BCUT2D eigenvalue weighted by Crippen LogP contribution is 2.43. The summed E-state index contributed by atoms with van der Waals surface area (Å²) < 4.78 is 2.72. The van der Waals surface area contributed by atoms with E-state index in [0.717, 1.165) is 10.2 Å². The third-order valence-electron chi connectivity index (χ3n) is 3.10. The van der Waals surface area contributed by atoms with Gasteiger partial charge in [-0.05, 0) is 49.4 Å². The van der Waals surface area contributed by atoms with Crippen LogP contribution in [0.5, 0.6) is 0 Å². The molecule has 2 aromatic rings. The van der Waals surface area contributed by atoms with Gasteiger partial charge < -0.3 is 0 Å². The highest BCUT2D eigenvalue weighted by Gasteiger charge is 2.26. The number of hydrogen-bond acceptors (Lipinski definition) is 2. The maximum Gasteiger partial charge on any atom is 0.347 e. The third-order valence-corrected chi connectivity index (χ3v) is 3.82. The van der Waals surface area contributed by atoms with Crippen LogP contribution in [0.1, 0.15) is 30.1 Å². The Labute approximate surface area is 107 Å². The lowest BCUT2D eigenvalue weighted by atomic mass is 10.1. The van der Waals surface area contributed by atoms with Gasteiger partial charge in [0, 0.05) is 4.47 Å². The smallest absolute Gasteiger partial charge is 0.247 e. The minimum Gasteiger partial charge on any atom is -0.247 e. The molecule has 1 saturated carbocycles.